The number of fused-ring (bicyclic) bond motifs is 1. The normalized spacial score (nSPS) is 18.5. The van der Waals surface area contributed by atoms with E-state index in [0.29, 0.717) is 19.5 Å². The molecular formula is C21H22N2O4. The molecule has 2 aromatic carbocycles. The third-order valence-electron chi connectivity index (χ3n) is 5.38. The highest BCUT2D eigenvalue weighted by atomic mass is 16.5. The molecule has 2 aromatic rings. The fourth-order valence-corrected chi connectivity index (χ4v) is 3.99. The van der Waals surface area contributed by atoms with Gasteiger partial charge in [0.1, 0.15) is 17.5 Å². The number of methoxy groups -OCH3 is 1. The topological polar surface area (TPSA) is 70.1 Å². The zero-order valence-electron chi connectivity index (χ0n) is 15.2. The predicted octanol–water partition coefficient (Wildman–Crippen LogP) is 2.59. The Kier molecular flexibility index (Phi) is 4.48. The average molecular weight is 366 g/mol. The number of carbonyl (C=O) groups is 2. The van der Waals surface area contributed by atoms with Crippen molar-refractivity contribution in [2.45, 2.75) is 25.3 Å². The molecule has 0 unspecified atom stereocenters. The van der Waals surface area contributed by atoms with Crippen LogP contribution in [0.3, 0.4) is 0 Å². The highest BCUT2D eigenvalue weighted by molar-refractivity contribution is 6.04. The molecule has 27 heavy (non-hydrogen) atoms. The Morgan fingerprint density at radius 2 is 1.96 bits per heavy atom. The van der Waals surface area contributed by atoms with Gasteiger partial charge in [0.2, 0.25) is 5.91 Å². The fourth-order valence-electron chi connectivity index (χ4n) is 3.99. The van der Waals surface area contributed by atoms with Gasteiger partial charge in [0, 0.05) is 18.8 Å². The van der Waals surface area contributed by atoms with Gasteiger partial charge in [-0.3, -0.25) is 9.59 Å². The number of benzene rings is 2. The Labute approximate surface area is 158 Å². The van der Waals surface area contributed by atoms with Crippen LogP contribution in [0.5, 0.6) is 11.5 Å². The molecule has 6 heteroatoms. The van der Waals surface area contributed by atoms with Gasteiger partial charge in [-0.25, -0.2) is 0 Å². The molecule has 0 bridgehead atoms. The number of amides is 2. The predicted molar refractivity (Wildman–Crippen MR) is 101 cm³/mol. The summed E-state index contributed by atoms with van der Waals surface area (Å²) in [6, 6.07) is 11.7. The molecule has 1 fully saturated rings. The number of carbonyl (C=O) groups excluding carboxylic acids is 2. The molecule has 140 valence electrons. The number of hydrogen-bond acceptors (Lipinski definition) is 4. The first kappa shape index (κ1) is 17.4. The Balaban J connectivity index is 1.58. The lowest BCUT2D eigenvalue weighted by molar-refractivity contribution is -0.122. The zero-order valence-corrected chi connectivity index (χ0v) is 15.2. The number of phenolic OH excluding ortho intramolecular Hbond substituents is 1. The summed E-state index contributed by atoms with van der Waals surface area (Å²) in [4.78, 5) is 29.5. The summed E-state index contributed by atoms with van der Waals surface area (Å²) in [5, 5.41) is 10.0. The first-order valence-corrected chi connectivity index (χ1v) is 9.17. The molecule has 2 aliphatic heterocycles. The van der Waals surface area contributed by atoms with Crippen molar-refractivity contribution >= 4 is 17.5 Å². The maximum Gasteiger partial charge on any atom is 0.258 e. The van der Waals surface area contributed by atoms with Crippen LogP contribution in [0.4, 0.5) is 5.69 Å². The van der Waals surface area contributed by atoms with Gasteiger partial charge in [0.15, 0.2) is 0 Å². The smallest absolute Gasteiger partial charge is 0.258 e. The molecular weight excluding hydrogens is 344 g/mol. The van der Waals surface area contributed by atoms with Crippen LogP contribution in [0.1, 0.15) is 28.8 Å². The molecule has 0 spiro atoms. The largest absolute Gasteiger partial charge is 0.507 e. The second-order valence-corrected chi connectivity index (χ2v) is 6.91. The van der Waals surface area contributed by atoms with Crippen LogP contribution in [-0.2, 0) is 11.2 Å². The number of para-hydroxylation sites is 1. The van der Waals surface area contributed by atoms with Gasteiger partial charge in [-0.05, 0) is 55.2 Å². The zero-order chi connectivity index (χ0) is 19.0. The molecule has 4 rings (SSSR count). The Bertz CT molecular complexity index is 896. The SMILES string of the molecule is COc1ccc2c(c1)CCN2C(=O)[C@@H]1CCCN1C(=O)c1ccccc1O. The number of likely N-dealkylation sites (tertiary alicyclic amines) is 1. The van der Waals surface area contributed by atoms with Crippen molar-refractivity contribution in [3.05, 3.63) is 53.6 Å². The van der Waals surface area contributed by atoms with E-state index in [9.17, 15) is 14.7 Å². The summed E-state index contributed by atoms with van der Waals surface area (Å²) in [7, 11) is 1.63. The van der Waals surface area contributed by atoms with Crippen LogP contribution in [0.25, 0.3) is 0 Å². The van der Waals surface area contributed by atoms with Crippen LogP contribution in [-0.4, -0.2) is 48.1 Å². The number of hydrogen-bond donors (Lipinski definition) is 1. The number of ether oxygens (including phenoxy) is 1. The molecule has 0 saturated carbocycles. The number of phenols is 1. The quantitative estimate of drug-likeness (QED) is 0.907. The highest BCUT2D eigenvalue weighted by Gasteiger charge is 2.39. The molecule has 1 saturated heterocycles. The number of nitrogens with zero attached hydrogens (tertiary/aromatic N) is 2. The molecule has 2 aliphatic rings. The molecule has 0 aliphatic carbocycles. The van der Waals surface area contributed by atoms with E-state index in [2.05, 4.69) is 0 Å². The maximum absolute atomic E-state index is 13.2. The average Bonchev–Trinajstić information content (AvgIpc) is 3.34. The van der Waals surface area contributed by atoms with Crippen molar-refractivity contribution in [1.82, 2.24) is 4.90 Å². The van der Waals surface area contributed by atoms with Crippen LogP contribution in [0.15, 0.2) is 42.5 Å². The summed E-state index contributed by atoms with van der Waals surface area (Å²) in [6.07, 6.45) is 2.19. The van der Waals surface area contributed by atoms with Crippen LogP contribution in [0.2, 0.25) is 0 Å². The third kappa shape index (κ3) is 3.01. The standard InChI is InChI=1S/C21H22N2O4/c1-27-15-8-9-17-14(13-15)10-12-23(17)21(26)18-6-4-11-22(18)20(25)16-5-2-3-7-19(16)24/h2-3,5,7-9,13,18,24H,4,6,10-12H2,1H3/t18-/m0/s1. The monoisotopic (exact) mass is 366 g/mol. The summed E-state index contributed by atoms with van der Waals surface area (Å²) >= 11 is 0. The van der Waals surface area contributed by atoms with Crippen LogP contribution >= 0.6 is 0 Å². The Morgan fingerprint density at radius 1 is 1.15 bits per heavy atom. The summed E-state index contributed by atoms with van der Waals surface area (Å²) in [5.74, 6) is 0.373. The van der Waals surface area contributed by atoms with Crippen molar-refractivity contribution in [3.8, 4) is 11.5 Å². The molecule has 1 atom stereocenters. The van der Waals surface area contributed by atoms with Gasteiger partial charge in [0.05, 0.1) is 12.7 Å². The van der Waals surface area contributed by atoms with Crippen molar-refractivity contribution in [3.63, 3.8) is 0 Å². The number of anilines is 1. The Hall–Kier alpha value is -3.02. The summed E-state index contributed by atoms with van der Waals surface area (Å²) in [6.45, 7) is 1.13. The summed E-state index contributed by atoms with van der Waals surface area (Å²) in [5.41, 5.74) is 2.21. The van der Waals surface area contributed by atoms with E-state index in [1.165, 1.54) is 6.07 Å². The second-order valence-electron chi connectivity index (χ2n) is 6.91. The fraction of sp³-hybridized carbons (Fsp3) is 0.333. The molecule has 2 amide bonds. The van der Waals surface area contributed by atoms with E-state index < -0.39 is 6.04 Å². The molecule has 2 heterocycles. The van der Waals surface area contributed by atoms with Gasteiger partial charge >= 0.3 is 0 Å². The van der Waals surface area contributed by atoms with Gasteiger partial charge in [-0.2, -0.15) is 0 Å². The van der Waals surface area contributed by atoms with Gasteiger partial charge in [-0.15, -0.1) is 0 Å². The first-order chi connectivity index (χ1) is 13.1. The van der Waals surface area contributed by atoms with Gasteiger partial charge < -0.3 is 19.6 Å². The lowest BCUT2D eigenvalue weighted by Crippen LogP contribution is -2.47. The maximum atomic E-state index is 13.2. The van der Waals surface area contributed by atoms with E-state index in [0.717, 1.165) is 29.8 Å². The third-order valence-corrected chi connectivity index (χ3v) is 5.38. The van der Waals surface area contributed by atoms with E-state index >= 15 is 0 Å². The Morgan fingerprint density at radius 3 is 2.74 bits per heavy atom. The van der Waals surface area contributed by atoms with E-state index in [4.69, 9.17) is 4.74 Å². The highest BCUT2D eigenvalue weighted by Crippen LogP contribution is 2.34. The van der Waals surface area contributed by atoms with Crippen molar-refractivity contribution in [2.24, 2.45) is 0 Å². The number of rotatable bonds is 3. The van der Waals surface area contributed by atoms with Crippen molar-refractivity contribution in [2.75, 3.05) is 25.1 Å². The number of aromatic hydroxyl groups is 1. The van der Waals surface area contributed by atoms with Crippen molar-refractivity contribution < 1.29 is 19.4 Å². The molecule has 1 N–H and O–H groups in total. The lowest BCUT2D eigenvalue weighted by atomic mass is 10.1. The van der Waals surface area contributed by atoms with E-state index in [-0.39, 0.29) is 23.1 Å². The van der Waals surface area contributed by atoms with Crippen molar-refractivity contribution in [1.29, 1.82) is 0 Å². The minimum Gasteiger partial charge on any atom is -0.507 e. The first-order valence-electron chi connectivity index (χ1n) is 9.17. The second kappa shape index (κ2) is 6.95. The van der Waals surface area contributed by atoms with Gasteiger partial charge in [-0.1, -0.05) is 12.1 Å². The van der Waals surface area contributed by atoms with E-state index in [1.807, 2.05) is 18.2 Å². The summed E-state index contributed by atoms with van der Waals surface area (Å²) < 4.78 is 5.26. The van der Waals surface area contributed by atoms with E-state index in [1.54, 1.807) is 35.1 Å². The van der Waals surface area contributed by atoms with Gasteiger partial charge in [0.25, 0.3) is 5.91 Å². The minimum absolute atomic E-state index is 0.0554. The van der Waals surface area contributed by atoms with Crippen LogP contribution < -0.4 is 9.64 Å². The molecule has 0 aromatic heterocycles. The van der Waals surface area contributed by atoms with Crippen LogP contribution in [0, 0.1) is 0 Å². The minimum atomic E-state index is -0.495. The molecule has 6 nitrogen and oxygen atoms in total. The lowest BCUT2D eigenvalue weighted by Gasteiger charge is -2.28. The molecule has 0 radical (unpaired) electrons.